The van der Waals surface area contributed by atoms with Crippen LogP contribution in [0.2, 0.25) is 0 Å². The summed E-state index contributed by atoms with van der Waals surface area (Å²) in [6.45, 7) is 5.31. The molecule has 7 heteroatoms. The molecule has 138 valence electrons. The number of carbonyl (C=O) groups is 2. The van der Waals surface area contributed by atoms with Gasteiger partial charge in [0, 0.05) is 42.4 Å². The Balaban J connectivity index is 0.00000225. The molecule has 0 bridgehead atoms. The van der Waals surface area contributed by atoms with Crippen molar-refractivity contribution in [3.05, 3.63) is 29.3 Å². The maximum atomic E-state index is 12.6. The fourth-order valence-electron chi connectivity index (χ4n) is 3.20. The molecule has 2 fully saturated rings. The minimum absolute atomic E-state index is 0. The number of thioether (sulfide) groups is 1. The molecule has 2 saturated heterocycles. The van der Waals surface area contributed by atoms with Crippen molar-refractivity contribution in [1.82, 2.24) is 10.2 Å². The molecule has 1 unspecified atom stereocenters. The van der Waals surface area contributed by atoms with Gasteiger partial charge < -0.3 is 15.5 Å². The molecule has 2 amide bonds. The van der Waals surface area contributed by atoms with Gasteiger partial charge in [-0.25, -0.2) is 0 Å². The highest BCUT2D eigenvalue weighted by Gasteiger charge is 2.22. The molecule has 25 heavy (non-hydrogen) atoms. The number of halogens is 1. The molecule has 1 aromatic carbocycles. The largest absolute Gasteiger partial charge is 0.337 e. The second-order valence-electron chi connectivity index (χ2n) is 6.47. The lowest BCUT2D eigenvalue weighted by atomic mass is 9.98. The molecule has 0 aromatic heterocycles. The van der Waals surface area contributed by atoms with E-state index in [1.807, 2.05) is 41.8 Å². The third-order valence-electron chi connectivity index (χ3n) is 4.70. The van der Waals surface area contributed by atoms with Crippen molar-refractivity contribution in [2.24, 2.45) is 5.92 Å². The molecule has 2 aliphatic heterocycles. The lowest BCUT2D eigenvalue weighted by Gasteiger charge is -2.26. The predicted octanol–water partition coefficient (Wildman–Crippen LogP) is 2.54. The average Bonchev–Trinajstić information content (AvgIpc) is 2.64. The van der Waals surface area contributed by atoms with Crippen LogP contribution in [0.4, 0.5) is 5.69 Å². The summed E-state index contributed by atoms with van der Waals surface area (Å²) in [5.74, 6) is 2.21. The summed E-state index contributed by atoms with van der Waals surface area (Å²) in [6, 6.07) is 5.57. The molecule has 5 nitrogen and oxygen atoms in total. The topological polar surface area (TPSA) is 61.4 Å². The summed E-state index contributed by atoms with van der Waals surface area (Å²) in [6.07, 6.45) is 1.97. The van der Waals surface area contributed by atoms with Gasteiger partial charge in [-0.1, -0.05) is 0 Å². The molecule has 2 heterocycles. The van der Waals surface area contributed by atoms with Crippen LogP contribution in [0.3, 0.4) is 0 Å². The number of nitrogens with zero attached hydrogens (tertiary/aromatic N) is 1. The van der Waals surface area contributed by atoms with Crippen LogP contribution in [0, 0.1) is 12.8 Å². The Labute approximate surface area is 159 Å². The van der Waals surface area contributed by atoms with Gasteiger partial charge in [0.25, 0.3) is 5.91 Å². The van der Waals surface area contributed by atoms with Gasteiger partial charge in [-0.3, -0.25) is 9.59 Å². The first kappa shape index (κ1) is 20.1. The van der Waals surface area contributed by atoms with Crippen molar-refractivity contribution >= 4 is 41.7 Å². The van der Waals surface area contributed by atoms with Crippen molar-refractivity contribution < 1.29 is 9.59 Å². The van der Waals surface area contributed by atoms with E-state index in [2.05, 4.69) is 10.6 Å². The van der Waals surface area contributed by atoms with Gasteiger partial charge in [0.1, 0.15) is 0 Å². The summed E-state index contributed by atoms with van der Waals surface area (Å²) in [7, 11) is 0. The van der Waals surface area contributed by atoms with Gasteiger partial charge in [-0.15, -0.1) is 12.4 Å². The van der Waals surface area contributed by atoms with E-state index >= 15 is 0 Å². The van der Waals surface area contributed by atoms with Crippen molar-refractivity contribution in [1.29, 1.82) is 0 Å². The van der Waals surface area contributed by atoms with Crippen LogP contribution in [0.25, 0.3) is 0 Å². The van der Waals surface area contributed by atoms with Crippen molar-refractivity contribution in [3.63, 3.8) is 0 Å². The van der Waals surface area contributed by atoms with Crippen LogP contribution >= 0.6 is 24.2 Å². The summed E-state index contributed by atoms with van der Waals surface area (Å²) in [4.78, 5) is 26.8. The second kappa shape index (κ2) is 9.46. The van der Waals surface area contributed by atoms with Gasteiger partial charge in [0.2, 0.25) is 5.91 Å². The zero-order chi connectivity index (χ0) is 16.9. The van der Waals surface area contributed by atoms with Crippen LogP contribution in [0.5, 0.6) is 0 Å². The average molecular weight is 384 g/mol. The van der Waals surface area contributed by atoms with E-state index in [0.29, 0.717) is 5.56 Å². The van der Waals surface area contributed by atoms with E-state index in [-0.39, 0.29) is 30.1 Å². The van der Waals surface area contributed by atoms with E-state index in [9.17, 15) is 9.59 Å². The van der Waals surface area contributed by atoms with Gasteiger partial charge in [-0.2, -0.15) is 11.8 Å². The molecule has 0 aliphatic carbocycles. The van der Waals surface area contributed by atoms with E-state index in [0.717, 1.165) is 61.8 Å². The number of anilines is 1. The summed E-state index contributed by atoms with van der Waals surface area (Å²) >= 11 is 1.89. The number of carbonyl (C=O) groups excluding carboxylic acids is 2. The molecule has 1 aromatic rings. The third kappa shape index (κ3) is 5.12. The van der Waals surface area contributed by atoms with Crippen LogP contribution in [-0.2, 0) is 4.79 Å². The minimum atomic E-state index is 0. The summed E-state index contributed by atoms with van der Waals surface area (Å²) in [5, 5.41) is 6.28. The number of nitrogens with one attached hydrogen (secondary N) is 2. The molecular weight excluding hydrogens is 358 g/mol. The maximum absolute atomic E-state index is 12.6. The van der Waals surface area contributed by atoms with Gasteiger partial charge >= 0.3 is 0 Å². The first-order valence-electron chi connectivity index (χ1n) is 8.64. The Morgan fingerprint density at radius 1 is 1.28 bits per heavy atom. The van der Waals surface area contributed by atoms with Crippen molar-refractivity contribution in [2.45, 2.75) is 19.8 Å². The monoisotopic (exact) mass is 383 g/mol. The maximum Gasteiger partial charge on any atom is 0.253 e. The molecule has 3 rings (SSSR count). The van der Waals surface area contributed by atoms with Crippen molar-refractivity contribution in [3.8, 4) is 0 Å². The first-order chi connectivity index (χ1) is 11.6. The Kier molecular flexibility index (Phi) is 7.59. The quantitative estimate of drug-likeness (QED) is 0.842. The van der Waals surface area contributed by atoms with Crippen LogP contribution in [-0.4, -0.2) is 54.4 Å². The number of hydrogen-bond acceptors (Lipinski definition) is 4. The van der Waals surface area contributed by atoms with Crippen molar-refractivity contribution in [2.75, 3.05) is 43.0 Å². The van der Waals surface area contributed by atoms with Crippen LogP contribution in [0.1, 0.15) is 28.8 Å². The van der Waals surface area contributed by atoms with Gasteiger partial charge in [0.15, 0.2) is 0 Å². The molecule has 0 radical (unpaired) electrons. The number of hydrogen-bond donors (Lipinski definition) is 2. The number of aryl methyl sites for hydroxylation is 1. The fraction of sp³-hybridized carbons (Fsp3) is 0.556. The lowest BCUT2D eigenvalue weighted by Crippen LogP contribution is -2.38. The molecule has 2 N–H and O–H groups in total. The number of piperidine rings is 1. The minimum Gasteiger partial charge on any atom is -0.337 e. The summed E-state index contributed by atoms with van der Waals surface area (Å²) in [5.41, 5.74) is 2.44. The Hall–Kier alpha value is -1.24. The fourth-order valence-corrected chi connectivity index (χ4v) is 4.10. The molecule has 0 spiro atoms. The zero-order valence-corrected chi connectivity index (χ0v) is 16.2. The van der Waals surface area contributed by atoms with Crippen LogP contribution < -0.4 is 10.6 Å². The molecule has 0 saturated carbocycles. The number of amides is 2. The number of rotatable bonds is 3. The molecular formula is C18H26ClN3O2S. The van der Waals surface area contributed by atoms with E-state index in [4.69, 9.17) is 0 Å². The van der Waals surface area contributed by atoms with Gasteiger partial charge in [-0.05, 0) is 50.1 Å². The highest BCUT2D eigenvalue weighted by molar-refractivity contribution is 7.99. The highest BCUT2D eigenvalue weighted by atomic mass is 35.5. The smallest absolute Gasteiger partial charge is 0.253 e. The van der Waals surface area contributed by atoms with Crippen LogP contribution in [0.15, 0.2) is 18.2 Å². The predicted molar refractivity (Wildman–Crippen MR) is 106 cm³/mol. The Morgan fingerprint density at radius 2 is 2.04 bits per heavy atom. The second-order valence-corrected chi connectivity index (χ2v) is 7.69. The zero-order valence-electron chi connectivity index (χ0n) is 14.5. The van der Waals surface area contributed by atoms with E-state index in [1.165, 1.54) is 0 Å². The Bertz CT molecular complexity index is 614. The standard InChI is InChI=1S/C18H25N3O2S.ClH/c1-13-11-14(18(23)21-7-9-24-10-8-21)4-5-16(13)20-17(22)15-3-2-6-19-12-15;/h4-5,11,15,19H,2-3,6-10,12H2,1H3,(H,20,22);1H. The summed E-state index contributed by atoms with van der Waals surface area (Å²) < 4.78 is 0. The third-order valence-corrected chi connectivity index (χ3v) is 5.64. The normalized spacial score (nSPS) is 20.5. The molecule has 2 aliphatic rings. The lowest BCUT2D eigenvalue weighted by molar-refractivity contribution is -0.120. The SMILES string of the molecule is Cc1cc(C(=O)N2CCSCC2)ccc1NC(=O)C1CCCNC1.Cl. The van der Waals surface area contributed by atoms with Gasteiger partial charge in [0.05, 0.1) is 5.92 Å². The first-order valence-corrected chi connectivity index (χ1v) is 9.80. The molecule has 1 atom stereocenters. The van der Waals surface area contributed by atoms with E-state index < -0.39 is 0 Å². The highest BCUT2D eigenvalue weighted by Crippen LogP contribution is 2.21. The number of benzene rings is 1. The van der Waals surface area contributed by atoms with E-state index in [1.54, 1.807) is 0 Å². The Morgan fingerprint density at radius 3 is 2.68 bits per heavy atom.